The van der Waals surface area contributed by atoms with Crippen LogP contribution in [0.5, 0.6) is 0 Å². The highest BCUT2D eigenvalue weighted by molar-refractivity contribution is 5.81. The number of nitrogens with one attached hydrogen (secondary N) is 2. The Hall–Kier alpha value is -2.12. The molecule has 2 N–H and O–H groups in total. The third kappa shape index (κ3) is 4.29. The summed E-state index contributed by atoms with van der Waals surface area (Å²) in [5, 5.41) is 3.06. The van der Waals surface area contributed by atoms with Crippen molar-refractivity contribution in [3.63, 3.8) is 0 Å². The molecule has 0 saturated heterocycles. The lowest BCUT2D eigenvalue weighted by Gasteiger charge is -2.22. The maximum Gasteiger partial charge on any atom is 0.391 e. The van der Waals surface area contributed by atoms with E-state index >= 15 is 0 Å². The summed E-state index contributed by atoms with van der Waals surface area (Å²) in [6.45, 7) is 1.43. The van der Waals surface area contributed by atoms with Crippen LogP contribution in [0.1, 0.15) is 56.9 Å². The van der Waals surface area contributed by atoms with Gasteiger partial charge in [-0.05, 0) is 31.2 Å². The normalized spacial score (nSPS) is 17.6. The lowest BCUT2D eigenvalue weighted by atomic mass is 9.84. The van der Waals surface area contributed by atoms with Crippen molar-refractivity contribution in [2.24, 2.45) is 0 Å². The lowest BCUT2D eigenvalue weighted by Crippen LogP contribution is -2.25. The zero-order valence-electron chi connectivity index (χ0n) is 14.0. The van der Waals surface area contributed by atoms with Crippen LogP contribution in [0.4, 0.5) is 19.1 Å². The van der Waals surface area contributed by atoms with Crippen LogP contribution in [0.15, 0.2) is 17.2 Å². The molecule has 1 aliphatic carbocycles. The molecule has 0 amide bonds. The summed E-state index contributed by atoms with van der Waals surface area (Å²) in [6, 6.07) is -0.849. The third-order valence-electron chi connectivity index (χ3n) is 4.62. The number of alkyl halides is 3. The largest absolute Gasteiger partial charge is 0.391 e. The van der Waals surface area contributed by atoms with Crippen molar-refractivity contribution >= 4 is 16.9 Å². The fourth-order valence-corrected chi connectivity index (χ4v) is 3.47. The monoisotopic (exact) mass is 354 g/mol. The molecule has 0 aromatic carbocycles. The van der Waals surface area contributed by atoms with Gasteiger partial charge in [-0.25, -0.2) is 9.97 Å². The van der Waals surface area contributed by atoms with Crippen molar-refractivity contribution in [1.29, 1.82) is 0 Å². The maximum absolute atomic E-state index is 12.5. The number of aromatic amines is 1. The van der Waals surface area contributed by atoms with Gasteiger partial charge in [0.2, 0.25) is 5.95 Å². The molecule has 1 unspecified atom stereocenters. The van der Waals surface area contributed by atoms with Gasteiger partial charge in [-0.1, -0.05) is 19.3 Å². The molecule has 0 spiro atoms. The second kappa shape index (κ2) is 7.01. The van der Waals surface area contributed by atoms with Crippen molar-refractivity contribution in [2.45, 2.75) is 63.6 Å². The second-order valence-electron chi connectivity index (χ2n) is 6.73. The van der Waals surface area contributed by atoms with Crippen molar-refractivity contribution in [2.75, 3.05) is 5.32 Å². The molecule has 1 fully saturated rings. The van der Waals surface area contributed by atoms with Crippen molar-refractivity contribution in [1.82, 2.24) is 15.0 Å². The van der Waals surface area contributed by atoms with E-state index in [-0.39, 0.29) is 11.5 Å². The molecular weight excluding hydrogens is 333 g/mol. The summed E-state index contributed by atoms with van der Waals surface area (Å²) in [5.74, 6) is 0.426. The van der Waals surface area contributed by atoms with Crippen LogP contribution in [-0.2, 0) is 0 Å². The zero-order valence-corrected chi connectivity index (χ0v) is 14.0. The minimum atomic E-state index is -4.26. The van der Waals surface area contributed by atoms with Gasteiger partial charge in [-0.3, -0.25) is 4.79 Å². The number of hydrogen-bond acceptors (Lipinski definition) is 4. The van der Waals surface area contributed by atoms with Gasteiger partial charge in [0.15, 0.2) is 0 Å². The third-order valence-corrected chi connectivity index (χ3v) is 4.62. The zero-order chi connectivity index (χ0) is 18.0. The Kier molecular flexibility index (Phi) is 4.96. The molecule has 2 aromatic heterocycles. The number of hydrogen-bond donors (Lipinski definition) is 2. The number of nitrogens with zero attached hydrogens (tertiary/aromatic N) is 2. The summed E-state index contributed by atoms with van der Waals surface area (Å²) in [7, 11) is 0. The van der Waals surface area contributed by atoms with Gasteiger partial charge in [0.1, 0.15) is 0 Å². The first-order chi connectivity index (χ1) is 11.8. The van der Waals surface area contributed by atoms with E-state index in [4.69, 9.17) is 0 Å². The van der Waals surface area contributed by atoms with E-state index < -0.39 is 18.6 Å². The minimum absolute atomic E-state index is 0.118. The van der Waals surface area contributed by atoms with E-state index in [0.717, 1.165) is 31.2 Å². The summed E-state index contributed by atoms with van der Waals surface area (Å²) in [6.07, 6.45) is 3.36. The number of pyridine rings is 1. The summed E-state index contributed by atoms with van der Waals surface area (Å²) >= 11 is 0. The Balaban J connectivity index is 1.93. The molecule has 136 valence electrons. The Bertz CT molecular complexity index is 797. The molecular formula is C17H21F3N4O. The maximum atomic E-state index is 12.5. The number of fused-ring (bicyclic) bond motifs is 1. The number of rotatable bonds is 4. The summed E-state index contributed by atoms with van der Waals surface area (Å²) in [5.41, 5.74) is 1.19. The van der Waals surface area contributed by atoms with Gasteiger partial charge in [0, 0.05) is 18.4 Å². The van der Waals surface area contributed by atoms with Gasteiger partial charge in [-0.15, -0.1) is 0 Å². The van der Waals surface area contributed by atoms with E-state index in [0.29, 0.717) is 16.8 Å². The first-order valence-corrected chi connectivity index (χ1v) is 8.55. The summed E-state index contributed by atoms with van der Waals surface area (Å²) < 4.78 is 37.5. The fraction of sp³-hybridized carbons (Fsp3) is 0.588. The van der Waals surface area contributed by atoms with Gasteiger partial charge >= 0.3 is 6.18 Å². The van der Waals surface area contributed by atoms with Gasteiger partial charge in [-0.2, -0.15) is 13.2 Å². The quantitative estimate of drug-likeness (QED) is 0.866. The van der Waals surface area contributed by atoms with Gasteiger partial charge in [0.05, 0.1) is 17.3 Å². The molecule has 25 heavy (non-hydrogen) atoms. The molecule has 1 atom stereocenters. The van der Waals surface area contributed by atoms with Gasteiger partial charge in [0.25, 0.3) is 5.56 Å². The van der Waals surface area contributed by atoms with Crippen LogP contribution in [0.3, 0.4) is 0 Å². The molecule has 8 heteroatoms. The molecule has 0 radical (unpaired) electrons. The van der Waals surface area contributed by atoms with Crippen molar-refractivity contribution < 1.29 is 13.2 Å². The SMILES string of the molecule is CC(CC(F)(F)F)Nc1ncc2c(=O)[nH]cc(C3CCCCC3)c2n1. The topological polar surface area (TPSA) is 70.7 Å². The lowest BCUT2D eigenvalue weighted by molar-refractivity contribution is -0.136. The molecule has 1 saturated carbocycles. The summed E-state index contributed by atoms with van der Waals surface area (Å²) in [4.78, 5) is 23.1. The van der Waals surface area contributed by atoms with Crippen LogP contribution in [0, 0.1) is 0 Å². The van der Waals surface area contributed by atoms with Crippen LogP contribution < -0.4 is 10.9 Å². The Morgan fingerprint density at radius 3 is 2.72 bits per heavy atom. The average Bonchev–Trinajstić information content (AvgIpc) is 2.54. The molecule has 2 heterocycles. The fourth-order valence-electron chi connectivity index (χ4n) is 3.47. The van der Waals surface area contributed by atoms with E-state index in [1.54, 1.807) is 6.20 Å². The van der Waals surface area contributed by atoms with Crippen LogP contribution in [0.2, 0.25) is 0 Å². The Morgan fingerprint density at radius 1 is 1.32 bits per heavy atom. The standard InChI is InChI=1S/C17H21F3N4O/c1-10(7-17(18,19)20)23-16-22-9-13-14(24-16)12(8-21-15(13)25)11-5-3-2-4-6-11/h8-11H,2-7H2,1H3,(H,21,25)(H,22,23,24). The number of anilines is 1. The average molecular weight is 354 g/mol. The van der Waals surface area contributed by atoms with Crippen LogP contribution in [-0.4, -0.2) is 27.2 Å². The number of halogens is 3. The van der Waals surface area contributed by atoms with E-state index in [1.807, 2.05) is 0 Å². The predicted octanol–water partition coefficient (Wildman–Crippen LogP) is 4.12. The smallest absolute Gasteiger partial charge is 0.351 e. The second-order valence-corrected chi connectivity index (χ2v) is 6.73. The van der Waals surface area contributed by atoms with E-state index in [9.17, 15) is 18.0 Å². The molecule has 2 aromatic rings. The van der Waals surface area contributed by atoms with Gasteiger partial charge < -0.3 is 10.3 Å². The highest BCUT2D eigenvalue weighted by Gasteiger charge is 2.30. The molecule has 3 rings (SSSR count). The van der Waals surface area contributed by atoms with Crippen molar-refractivity contribution in [3.8, 4) is 0 Å². The Labute approximate surface area is 143 Å². The minimum Gasteiger partial charge on any atom is -0.351 e. The first kappa shape index (κ1) is 17.7. The van der Waals surface area contributed by atoms with E-state index in [1.165, 1.54) is 19.5 Å². The van der Waals surface area contributed by atoms with E-state index in [2.05, 4.69) is 20.3 Å². The predicted molar refractivity (Wildman–Crippen MR) is 89.7 cm³/mol. The highest BCUT2D eigenvalue weighted by Crippen LogP contribution is 2.34. The van der Waals surface area contributed by atoms with Crippen LogP contribution in [0.25, 0.3) is 10.9 Å². The van der Waals surface area contributed by atoms with Crippen LogP contribution >= 0.6 is 0 Å². The molecule has 5 nitrogen and oxygen atoms in total. The number of aromatic nitrogens is 3. The highest BCUT2D eigenvalue weighted by atomic mass is 19.4. The first-order valence-electron chi connectivity index (χ1n) is 8.55. The van der Waals surface area contributed by atoms with Crippen molar-refractivity contribution in [3.05, 3.63) is 28.3 Å². The molecule has 1 aliphatic rings. The number of H-pyrrole nitrogens is 1. The Morgan fingerprint density at radius 2 is 2.04 bits per heavy atom. The molecule has 0 bridgehead atoms. The molecule has 0 aliphatic heterocycles.